The topological polar surface area (TPSA) is 8.17 Å². The maximum atomic E-state index is 2.42. The standard InChI is InChI=1S/C56H36N2S/c1-2-13-42(14-3-1)58-52-20-10-8-18-48(52)49-32-26-39(34-54(49)58)37-22-28-43(29-23-37)57(53-35-41-12-4-5-15-45(41)46-16-6-7-17-47(46)53)44-30-24-38(25-31-44)40-27-33-51-50-19-9-11-21-55(50)59-56(51)36-40/h1-36H. The fourth-order valence-electron chi connectivity index (χ4n) is 9.16. The third-order valence-electron chi connectivity index (χ3n) is 12.0. The average molecular weight is 769 g/mol. The number of hydrogen-bond acceptors (Lipinski definition) is 2. The molecular weight excluding hydrogens is 733 g/mol. The van der Waals surface area contributed by atoms with Gasteiger partial charge in [0.1, 0.15) is 0 Å². The van der Waals surface area contributed by atoms with E-state index in [1.165, 1.54) is 85.8 Å². The predicted octanol–water partition coefficient (Wildman–Crippen LogP) is 16.3. The van der Waals surface area contributed by atoms with Crippen LogP contribution in [0.3, 0.4) is 0 Å². The Morgan fingerprint density at radius 2 is 0.847 bits per heavy atom. The van der Waals surface area contributed by atoms with E-state index in [1.807, 2.05) is 11.3 Å². The van der Waals surface area contributed by atoms with E-state index in [9.17, 15) is 0 Å². The Hall–Kier alpha value is -7.46. The van der Waals surface area contributed by atoms with Crippen LogP contribution in [0.25, 0.3) is 91.5 Å². The van der Waals surface area contributed by atoms with Crippen LogP contribution in [0.5, 0.6) is 0 Å². The molecule has 2 aromatic heterocycles. The summed E-state index contributed by atoms with van der Waals surface area (Å²) in [5, 5.41) is 10.1. The predicted molar refractivity (Wildman–Crippen MR) is 254 cm³/mol. The molecule has 0 aliphatic rings. The Bertz CT molecular complexity index is 3540. The van der Waals surface area contributed by atoms with Gasteiger partial charge < -0.3 is 9.47 Å². The number of aromatic nitrogens is 1. The third kappa shape index (κ3) is 5.55. The zero-order valence-corrected chi connectivity index (χ0v) is 32.9. The van der Waals surface area contributed by atoms with Crippen molar-refractivity contribution >= 4 is 91.9 Å². The summed E-state index contributed by atoms with van der Waals surface area (Å²) in [7, 11) is 0. The molecule has 0 aliphatic heterocycles. The molecule has 0 saturated carbocycles. The van der Waals surface area contributed by atoms with Crippen molar-refractivity contribution in [2.24, 2.45) is 0 Å². The second-order valence-corrected chi connectivity index (χ2v) is 16.4. The lowest BCUT2D eigenvalue weighted by Crippen LogP contribution is -2.10. The number of rotatable bonds is 6. The zero-order valence-electron chi connectivity index (χ0n) is 32.1. The first kappa shape index (κ1) is 33.7. The average Bonchev–Trinajstić information content (AvgIpc) is 3.85. The van der Waals surface area contributed by atoms with Gasteiger partial charge in [-0.25, -0.2) is 0 Å². The summed E-state index contributed by atoms with van der Waals surface area (Å²) in [6, 6.07) is 80.0. The number of fused-ring (bicyclic) bond motifs is 9. The van der Waals surface area contributed by atoms with Gasteiger partial charge in [-0.1, -0.05) is 152 Å². The number of benzene rings is 10. The highest BCUT2D eigenvalue weighted by atomic mass is 32.1. The summed E-state index contributed by atoms with van der Waals surface area (Å²) in [5.41, 5.74) is 11.7. The van der Waals surface area contributed by atoms with Gasteiger partial charge in [0, 0.05) is 53.4 Å². The van der Waals surface area contributed by atoms with E-state index >= 15 is 0 Å². The lowest BCUT2D eigenvalue weighted by Gasteiger charge is -2.28. The molecule has 0 N–H and O–H groups in total. The number of nitrogens with zero attached hydrogens (tertiary/aromatic N) is 2. The first-order valence-corrected chi connectivity index (χ1v) is 21.0. The van der Waals surface area contributed by atoms with Gasteiger partial charge in [0.05, 0.1) is 16.7 Å². The summed E-state index contributed by atoms with van der Waals surface area (Å²) < 4.78 is 5.03. The Kier molecular flexibility index (Phi) is 7.75. The lowest BCUT2D eigenvalue weighted by molar-refractivity contribution is 1.18. The summed E-state index contributed by atoms with van der Waals surface area (Å²) in [6.45, 7) is 0. The van der Waals surface area contributed by atoms with Crippen molar-refractivity contribution < 1.29 is 0 Å². The number of anilines is 3. The van der Waals surface area contributed by atoms with E-state index in [0.717, 1.165) is 22.7 Å². The molecule has 0 atom stereocenters. The largest absolute Gasteiger partial charge is 0.310 e. The molecule has 0 saturated heterocycles. The van der Waals surface area contributed by atoms with Crippen molar-refractivity contribution in [1.29, 1.82) is 0 Å². The number of para-hydroxylation sites is 2. The SMILES string of the molecule is c1ccc(-n2c3ccccc3c3ccc(-c4ccc(N(c5ccc(-c6ccc7c(c6)sc6ccccc67)cc5)c5cc6ccccc6c6ccccc56)cc4)cc32)cc1. The van der Waals surface area contributed by atoms with Crippen LogP contribution in [0.4, 0.5) is 17.1 Å². The molecule has 12 rings (SSSR count). The van der Waals surface area contributed by atoms with Crippen molar-refractivity contribution in [3.63, 3.8) is 0 Å². The smallest absolute Gasteiger partial charge is 0.0547 e. The molecule has 0 unspecified atom stereocenters. The van der Waals surface area contributed by atoms with Gasteiger partial charge in [0.2, 0.25) is 0 Å². The molecule has 0 bridgehead atoms. The lowest BCUT2D eigenvalue weighted by atomic mass is 9.98. The molecule has 59 heavy (non-hydrogen) atoms. The first-order valence-electron chi connectivity index (χ1n) is 20.2. The summed E-state index contributed by atoms with van der Waals surface area (Å²) in [4.78, 5) is 2.42. The summed E-state index contributed by atoms with van der Waals surface area (Å²) in [6.07, 6.45) is 0. The maximum absolute atomic E-state index is 2.42. The van der Waals surface area contributed by atoms with Crippen molar-refractivity contribution in [2.75, 3.05) is 4.90 Å². The highest BCUT2D eigenvalue weighted by molar-refractivity contribution is 7.25. The molecule has 0 spiro atoms. The van der Waals surface area contributed by atoms with Gasteiger partial charge in [0.15, 0.2) is 0 Å². The highest BCUT2D eigenvalue weighted by Gasteiger charge is 2.19. The zero-order chi connectivity index (χ0) is 38.9. The fraction of sp³-hybridized carbons (Fsp3) is 0. The van der Waals surface area contributed by atoms with E-state index in [-0.39, 0.29) is 0 Å². The van der Waals surface area contributed by atoms with E-state index in [2.05, 4.69) is 228 Å². The first-order chi connectivity index (χ1) is 29.2. The Morgan fingerprint density at radius 3 is 1.59 bits per heavy atom. The maximum Gasteiger partial charge on any atom is 0.0547 e. The van der Waals surface area contributed by atoms with Crippen molar-refractivity contribution in [1.82, 2.24) is 4.57 Å². The van der Waals surface area contributed by atoms with Crippen LogP contribution in [-0.2, 0) is 0 Å². The van der Waals surface area contributed by atoms with Gasteiger partial charge in [0.25, 0.3) is 0 Å². The van der Waals surface area contributed by atoms with Crippen LogP contribution < -0.4 is 4.90 Å². The van der Waals surface area contributed by atoms with Crippen LogP contribution in [0.2, 0.25) is 0 Å². The molecule has 0 aliphatic carbocycles. The minimum Gasteiger partial charge on any atom is -0.310 e. The molecule has 3 heteroatoms. The minimum absolute atomic E-state index is 1.10. The number of hydrogen-bond donors (Lipinski definition) is 0. The molecule has 0 amide bonds. The van der Waals surface area contributed by atoms with Gasteiger partial charge in [-0.05, 0) is 105 Å². The number of thiophene rings is 1. The molecule has 2 nitrogen and oxygen atoms in total. The Morgan fingerprint density at radius 1 is 0.322 bits per heavy atom. The van der Waals surface area contributed by atoms with Crippen molar-refractivity contribution in [2.45, 2.75) is 0 Å². The van der Waals surface area contributed by atoms with Gasteiger partial charge in [-0.3, -0.25) is 0 Å². The Labute approximate surface area is 346 Å². The minimum atomic E-state index is 1.10. The van der Waals surface area contributed by atoms with E-state index in [0.29, 0.717) is 0 Å². The second-order valence-electron chi connectivity index (χ2n) is 15.3. The van der Waals surface area contributed by atoms with E-state index in [4.69, 9.17) is 0 Å². The van der Waals surface area contributed by atoms with E-state index in [1.54, 1.807) is 0 Å². The molecule has 0 radical (unpaired) electrons. The van der Waals surface area contributed by atoms with Crippen LogP contribution in [0, 0.1) is 0 Å². The third-order valence-corrected chi connectivity index (χ3v) is 13.1. The van der Waals surface area contributed by atoms with Gasteiger partial charge in [-0.2, -0.15) is 0 Å². The van der Waals surface area contributed by atoms with Crippen molar-refractivity contribution in [3.8, 4) is 27.9 Å². The van der Waals surface area contributed by atoms with Crippen molar-refractivity contribution in [3.05, 3.63) is 218 Å². The monoisotopic (exact) mass is 768 g/mol. The molecular formula is C56H36N2S. The van der Waals surface area contributed by atoms with Gasteiger partial charge >= 0.3 is 0 Å². The normalized spacial score (nSPS) is 11.7. The molecule has 12 aromatic rings. The molecule has 10 aromatic carbocycles. The highest BCUT2D eigenvalue weighted by Crippen LogP contribution is 2.44. The summed E-state index contributed by atoms with van der Waals surface area (Å²) in [5.74, 6) is 0. The Balaban J connectivity index is 0.984. The van der Waals surface area contributed by atoms with Crippen LogP contribution in [0.1, 0.15) is 0 Å². The summed E-state index contributed by atoms with van der Waals surface area (Å²) >= 11 is 1.87. The van der Waals surface area contributed by atoms with Gasteiger partial charge in [-0.15, -0.1) is 11.3 Å². The quantitative estimate of drug-likeness (QED) is 0.153. The molecule has 2 heterocycles. The van der Waals surface area contributed by atoms with Crippen LogP contribution in [-0.4, -0.2) is 4.57 Å². The van der Waals surface area contributed by atoms with E-state index < -0.39 is 0 Å². The second kappa shape index (κ2) is 13.6. The molecule has 276 valence electrons. The van der Waals surface area contributed by atoms with Crippen LogP contribution >= 0.6 is 11.3 Å². The van der Waals surface area contributed by atoms with Crippen LogP contribution in [0.15, 0.2) is 218 Å². The fourth-order valence-corrected chi connectivity index (χ4v) is 10.3. The molecule has 0 fully saturated rings.